The van der Waals surface area contributed by atoms with Crippen molar-refractivity contribution in [1.82, 2.24) is 24.7 Å². The number of morpholine rings is 1. The molecule has 0 unspecified atom stereocenters. The van der Waals surface area contributed by atoms with Crippen molar-refractivity contribution < 1.29 is 4.74 Å². The van der Waals surface area contributed by atoms with E-state index in [9.17, 15) is 0 Å². The molecule has 1 saturated heterocycles. The first-order valence-corrected chi connectivity index (χ1v) is 6.69. The molecular formula is C12H17N7O. The molecular weight excluding hydrogens is 258 g/mol. The number of ether oxygens (including phenoxy) is 1. The first kappa shape index (κ1) is 12.8. The lowest BCUT2D eigenvalue weighted by Gasteiger charge is -2.27. The first-order chi connectivity index (χ1) is 9.86. The third-order valence-corrected chi connectivity index (χ3v) is 2.95. The minimum atomic E-state index is 0.516. The molecule has 1 aliphatic rings. The lowest BCUT2D eigenvalue weighted by atomic mass is 10.4. The summed E-state index contributed by atoms with van der Waals surface area (Å²) in [6, 6.07) is 1.84. The van der Waals surface area contributed by atoms with E-state index in [1.807, 2.05) is 19.2 Å². The number of nitrogens with zero attached hydrogens (tertiary/aromatic N) is 6. The zero-order valence-corrected chi connectivity index (χ0v) is 11.4. The van der Waals surface area contributed by atoms with Crippen molar-refractivity contribution in [2.45, 2.75) is 6.92 Å². The second kappa shape index (κ2) is 5.83. The second-order valence-electron chi connectivity index (χ2n) is 4.34. The van der Waals surface area contributed by atoms with Crippen LogP contribution >= 0.6 is 0 Å². The molecule has 0 spiro atoms. The van der Waals surface area contributed by atoms with Crippen molar-refractivity contribution in [2.24, 2.45) is 0 Å². The number of hydrogen-bond donors (Lipinski definition) is 1. The quantitative estimate of drug-likeness (QED) is 0.860. The molecule has 1 N–H and O–H groups in total. The van der Waals surface area contributed by atoms with E-state index in [2.05, 4.69) is 30.3 Å². The van der Waals surface area contributed by atoms with Crippen molar-refractivity contribution >= 4 is 11.9 Å². The van der Waals surface area contributed by atoms with Gasteiger partial charge in [-0.05, 0) is 13.0 Å². The maximum atomic E-state index is 5.36. The molecule has 0 aliphatic carbocycles. The molecule has 0 atom stereocenters. The molecule has 8 heteroatoms. The van der Waals surface area contributed by atoms with Crippen LogP contribution in [0.5, 0.6) is 0 Å². The lowest BCUT2D eigenvalue weighted by molar-refractivity contribution is 0.122. The summed E-state index contributed by atoms with van der Waals surface area (Å²) in [5.41, 5.74) is 0. The van der Waals surface area contributed by atoms with Crippen molar-refractivity contribution in [1.29, 1.82) is 0 Å². The fraction of sp³-hybridized carbons (Fsp3) is 0.500. The van der Waals surface area contributed by atoms with Gasteiger partial charge in [-0.1, -0.05) is 0 Å². The predicted molar refractivity (Wildman–Crippen MR) is 74.1 cm³/mol. The molecule has 0 aromatic carbocycles. The van der Waals surface area contributed by atoms with E-state index in [0.29, 0.717) is 31.1 Å². The highest BCUT2D eigenvalue weighted by atomic mass is 16.5. The van der Waals surface area contributed by atoms with Crippen LogP contribution in [0.3, 0.4) is 0 Å². The number of rotatable bonds is 4. The minimum Gasteiger partial charge on any atom is -0.378 e. The summed E-state index contributed by atoms with van der Waals surface area (Å²) in [6.07, 6.45) is 3.51. The largest absolute Gasteiger partial charge is 0.378 e. The average molecular weight is 275 g/mol. The molecule has 1 fully saturated rings. The van der Waals surface area contributed by atoms with Gasteiger partial charge in [-0.3, -0.25) is 0 Å². The molecule has 106 valence electrons. The number of nitrogens with one attached hydrogen (secondary N) is 1. The van der Waals surface area contributed by atoms with Gasteiger partial charge < -0.3 is 15.0 Å². The third kappa shape index (κ3) is 2.69. The molecule has 3 rings (SSSR count). The Morgan fingerprint density at radius 3 is 2.70 bits per heavy atom. The minimum absolute atomic E-state index is 0.516. The predicted octanol–water partition coefficient (Wildman–Crippen LogP) is 0.326. The van der Waals surface area contributed by atoms with Gasteiger partial charge in [-0.25, -0.2) is 4.68 Å². The molecule has 1 aliphatic heterocycles. The van der Waals surface area contributed by atoms with E-state index < -0.39 is 0 Å². The Balaban J connectivity index is 1.95. The molecule has 2 aromatic rings. The lowest BCUT2D eigenvalue weighted by Crippen LogP contribution is -2.37. The van der Waals surface area contributed by atoms with Crippen molar-refractivity contribution in [3.05, 3.63) is 18.5 Å². The van der Waals surface area contributed by atoms with E-state index in [4.69, 9.17) is 4.74 Å². The van der Waals surface area contributed by atoms with Gasteiger partial charge in [0.05, 0.1) is 13.2 Å². The Morgan fingerprint density at radius 1 is 1.20 bits per heavy atom. The molecule has 0 radical (unpaired) electrons. The normalized spacial score (nSPS) is 15.3. The van der Waals surface area contributed by atoms with Crippen LogP contribution in [0, 0.1) is 0 Å². The standard InChI is InChI=1S/C12H17N7O/c1-2-13-10-15-11(18-6-8-20-9-7-18)17-12(16-10)19-5-3-4-14-19/h3-5H,2,6-9H2,1H3,(H,13,15,16,17). The first-order valence-electron chi connectivity index (χ1n) is 6.69. The third-order valence-electron chi connectivity index (χ3n) is 2.95. The number of aromatic nitrogens is 5. The summed E-state index contributed by atoms with van der Waals surface area (Å²) in [6.45, 7) is 5.72. The monoisotopic (exact) mass is 275 g/mol. The van der Waals surface area contributed by atoms with E-state index in [-0.39, 0.29) is 0 Å². The van der Waals surface area contributed by atoms with Crippen LogP contribution in [-0.4, -0.2) is 57.6 Å². The Morgan fingerprint density at radius 2 is 2.00 bits per heavy atom. The topological polar surface area (TPSA) is 81.0 Å². The maximum absolute atomic E-state index is 5.36. The number of anilines is 2. The highest BCUT2D eigenvalue weighted by Gasteiger charge is 2.17. The molecule has 2 aromatic heterocycles. The molecule has 0 bridgehead atoms. The smallest absolute Gasteiger partial charge is 0.257 e. The van der Waals surface area contributed by atoms with Gasteiger partial charge in [0, 0.05) is 32.0 Å². The SMILES string of the molecule is CCNc1nc(N2CCOCC2)nc(-n2cccn2)n1. The van der Waals surface area contributed by atoms with Gasteiger partial charge >= 0.3 is 0 Å². The van der Waals surface area contributed by atoms with Gasteiger partial charge in [-0.15, -0.1) is 0 Å². The zero-order chi connectivity index (χ0) is 13.8. The van der Waals surface area contributed by atoms with Crippen molar-refractivity contribution in [3.63, 3.8) is 0 Å². The number of hydrogen-bond acceptors (Lipinski definition) is 7. The van der Waals surface area contributed by atoms with Gasteiger partial charge in [0.2, 0.25) is 11.9 Å². The fourth-order valence-electron chi connectivity index (χ4n) is 1.99. The van der Waals surface area contributed by atoms with Gasteiger partial charge in [-0.2, -0.15) is 20.1 Å². The van der Waals surface area contributed by atoms with Gasteiger partial charge in [0.25, 0.3) is 5.95 Å². The molecule has 0 amide bonds. The summed E-state index contributed by atoms with van der Waals surface area (Å²) >= 11 is 0. The summed E-state index contributed by atoms with van der Waals surface area (Å²) in [5.74, 6) is 1.74. The van der Waals surface area contributed by atoms with Crippen LogP contribution in [-0.2, 0) is 4.74 Å². The highest BCUT2D eigenvalue weighted by Crippen LogP contribution is 2.14. The summed E-state index contributed by atoms with van der Waals surface area (Å²) in [4.78, 5) is 15.4. The Kier molecular flexibility index (Phi) is 3.73. The molecule has 8 nitrogen and oxygen atoms in total. The van der Waals surface area contributed by atoms with Crippen LogP contribution < -0.4 is 10.2 Å². The van der Waals surface area contributed by atoms with Gasteiger partial charge in [0.1, 0.15) is 0 Å². The Bertz CT molecular complexity index is 551. The second-order valence-corrected chi connectivity index (χ2v) is 4.34. The Labute approximate surface area is 116 Å². The van der Waals surface area contributed by atoms with E-state index in [1.54, 1.807) is 10.9 Å². The van der Waals surface area contributed by atoms with Crippen LogP contribution in [0.2, 0.25) is 0 Å². The fourth-order valence-corrected chi connectivity index (χ4v) is 1.99. The van der Waals surface area contributed by atoms with Crippen LogP contribution in [0.4, 0.5) is 11.9 Å². The summed E-state index contributed by atoms with van der Waals surface area (Å²) < 4.78 is 6.99. The molecule has 3 heterocycles. The van der Waals surface area contributed by atoms with E-state index in [1.165, 1.54) is 0 Å². The maximum Gasteiger partial charge on any atom is 0.257 e. The Hall–Kier alpha value is -2.22. The molecule has 20 heavy (non-hydrogen) atoms. The van der Waals surface area contributed by atoms with E-state index in [0.717, 1.165) is 19.6 Å². The van der Waals surface area contributed by atoms with E-state index >= 15 is 0 Å². The van der Waals surface area contributed by atoms with Crippen LogP contribution in [0.1, 0.15) is 6.92 Å². The van der Waals surface area contributed by atoms with Crippen molar-refractivity contribution in [2.75, 3.05) is 43.1 Å². The summed E-state index contributed by atoms with van der Waals surface area (Å²) in [7, 11) is 0. The molecule has 0 saturated carbocycles. The highest BCUT2D eigenvalue weighted by molar-refractivity contribution is 5.40. The summed E-state index contributed by atoms with van der Waals surface area (Å²) in [5, 5.41) is 7.29. The van der Waals surface area contributed by atoms with Crippen LogP contribution in [0.25, 0.3) is 5.95 Å². The van der Waals surface area contributed by atoms with Crippen LogP contribution in [0.15, 0.2) is 18.5 Å². The van der Waals surface area contributed by atoms with Gasteiger partial charge in [0.15, 0.2) is 0 Å². The zero-order valence-electron chi connectivity index (χ0n) is 11.4. The van der Waals surface area contributed by atoms with Crippen molar-refractivity contribution in [3.8, 4) is 5.95 Å². The average Bonchev–Trinajstić information content (AvgIpc) is 3.02.